The molecule has 0 unspecified atom stereocenters. The average Bonchev–Trinajstić information content (AvgIpc) is 2.17. The highest BCUT2D eigenvalue weighted by Crippen LogP contribution is 1.98. The van der Waals surface area contributed by atoms with E-state index in [-0.39, 0.29) is 6.29 Å². The smallest absolute Gasteiger partial charge is 0.176 e. The molecule has 0 aliphatic heterocycles. The summed E-state index contributed by atoms with van der Waals surface area (Å²) in [4.78, 5) is 0. The van der Waals surface area contributed by atoms with Crippen LogP contribution >= 0.6 is 0 Å². The van der Waals surface area contributed by atoms with Crippen LogP contribution in [0.25, 0.3) is 0 Å². The molecule has 0 aromatic carbocycles. The maximum atomic E-state index is 5.00. The van der Waals surface area contributed by atoms with Crippen LogP contribution in [0.3, 0.4) is 0 Å². The highest BCUT2D eigenvalue weighted by molar-refractivity contribution is 4.89. The van der Waals surface area contributed by atoms with Gasteiger partial charge in [-0.3, -0.25) is 0 Å². The third-order valence-electron chi connectivity index (χ3n) is 1.66. The van der Waals surface area contributed by atoms with E-state index < -0.39 is 0 Å². The predicted molar refractivity (Wildman–Crippen MR) is 55.6 cm³/mol. The van der Waals surface area contributed by atoms with E-state index >= 15 is 0 Å². The Kier molecular flexibility index (Phi) is 9.05. The Bertz CT molecular complexity index is 146. The van der Waals surface area contributed by atoms with E-state index in [4.69, 9.17) is 9.47 Å². The summed E-state index contributed by atoms with van der Waals surface area (Å²) in [6, 6.07) is 0. The molecule has 0 heterocycles. The molecule has 0 aromatic rings. The Labute approximate surface area is 81.2 Å². The minimum absolute atomic E-state index is 0.199. The molecule has 0 amide bonds. The van der Waals surface area contributed by atoms with Gasteiger partial charge in [0.25, 0.3) is 0 Å². The Morgan fingerprint density at radius 2 is 1.62 bits per heavy atom. The van der Waals surface area contributed by atoms with Crippen LogP contribution in [-0.2, 0) is 9.47 Å². The van der Waals surface area contributed by atoms with E-state index in [1.165, 1.54) is 0 Å². The lowest BCUT2D eigenvalue weighted by molar-refractivity contribution is -0.0667. The maximum Gasteiger partial charge on any atom is 0.176 e. The van der Waals surface area contributed by atoms with Crippen LogP contribution < -0.4 is 0 Å². The van der Waals surface area contributed by atoms with Crippen molar-refractivity contribution >= 4 is 0 Å². The lowest BCUT2D eigenvalue weighted by Gasteiger charge is -2.06. The third kappa shape index (κ3) is 7.75. The molecule has 0 fully saturated rings. The summed E-state index contributed by atoms with van der Waals surface area (Å²) in [6.45, 7) is 2.14. The Balaban J connectivity index is 3.44. The van der Waals surface area contributed by atoms with Crippen molar-refractivity contribution in [1.82, 2.24) is 0 Å². The van der Waals surface area contributed by atoms with Crippen LogP contribution in [0.15, 0.2) is 24.3 Å². The van der Waals surface area contributed by atoms with Crippen LogP contribution in [0, 0.1) is 0 Å². The first-order chi connectivity index (χ1) is 6.35. The van der Waals surface area contributed by atoms with E-state index in [0.29, 0.717) is 0 Å². The molecule has 2 heteroatoms. The van der Waals surface area contributed by atoms with Gasteiger partial charge in [-0.15, -0.1) is 0 Å². The van der Waals surface area contributed by atoms with Crippen LogP contribution in [0.2, 0.25) is 0 Å². The number of allylic oxidation sites excluding steroid dienone is 3. The van der Waals surface area contributed by atoms with Crippen LogP contribution in [0.5, 0.6) is 0 Å². The summed E-state index contributed by atoms with van der Waals surface area (Å²) in [6.07, 6.45) is 11.4. The van der Waals surface area contributed by atoms with Crippen molar-refractivity contribution in [2.45, 2.75) is 32.5 Å². The lowest BCUT2D eigenvalue weighted by Crippen LogP contribution is -2.08. The van der Waals surface area contributed by atoms with Crippen LogP contribution in [0.1, 0.15) is 26.2 Å². The molecular weight excluding hydrogens is 164 g/mol. The number of methoxy groups -OCH3 is 2. The zero-order chi connectivity index (χ0) is 9.94. The molecule has 0 N–H and O–H groups in total. The second-order valence-corrected chi connectivity index (χ2v) is 2.72. The van der Waals surface area contributed by atoms with Gasteiger partial charge in [0.05, 0.1) is 0 Å². The largest absolute Gasteiger partial charge is 0.352 e. The third-order valence-corrected chi connectivity index (χ3v) is 1.66. The van der Waals surface area contributed by atoms with Gasteiger partial charge in [0, 0.05) is 14.2 Å². The van der Waals surface area contributed by atoms with Gasteiger partial charge in [0.15, 0.2) is 6.29 Å². The van der Waals surface area contributed by atoms with Crippen molar-refractivity contribution in [2.24, 2.45) is 0 Å². The van der Waals surface area contributed by atoms with Gasteiger partial charge in [0.2, 0.25) is 0 Å². The molecule has 0 saturated heterocycles. The molecule has 0 bridgehead atoms. The Morgan fingerprint density at radius 1 is 1.00 bits per heavy atom. The molecule has 13 heavy (non-hydrogen) atoms. The van der Waals surface area contributed by atoms with Gasteiger partial charge in [-0.1, -0.05) is 25.2 Å². The van der Waals surface area contributed by atoms with Crippen molar-refractivity contribution in [1.29, 1.82) is 0 Å². The maximum absolute atomic E-state index is 5.00. The lowest BCUT2D eigenvalue weighted by atomic mass is 10.2. The first-order valence-electron chi connectivity index (χ1n) is 4.72. The normalized spacial score (nSPS) is 12.3. The molecule has 2 nitrogen and oxygen atoms in total. The topological polar surface area (TPSA) is 18.5 Å². The van der Waals surface area contributed by atoms with E-state index in [1.807, 2.05) is 6.08 Å². The van der Waals surface area contributed by atoms with E-state index in [9.17, 15) is 0 Å². The van der Waals surface area contributed by atoms with E-state index in [2.05, 4.69) is 25.2 Å². The van der Waals surface area contributed by atoms with Gasteiger partial charge < -0.3 is 9.47 Å². The van der Waals surface area contributed by atoms with Crippen molar-refractivity contribution in [3.8, 4) is 0 Å². The number of hydrogen-bond acceptors (Lipinski definition) is 2. The van der Waals surface area contributed by atoms with E-state index in [1.54, 1.807) is 14.2 Å². The van der Waals surface area contributed by atoms with Crippen LogP contribution in [-0.4, -0.2) is 20.5 Å². The monoisotopic (exact) mass is 184 g/mol. The fourth-order valence-electron chi connectivity index (χ4n) is 0.938. The predicted octanol–water partition coefficient (Wildman–Crippen LogP) is 2.91. The number of rotatable bonds is 7. The molecule has 0 aromatic heterocycles. The first-order valence-corrected chi connectivity index (χ1v) is 4.72. The van der Waals surface area contributed by atoms with Crippen molar-refractivity contribution in [3.63, 3.8) is 0 Å². The van der Waals surface area contributed by atoms with Crippen LogP contribution in [0.4, 0.5) is 0 Å². The molecular formula is C11H20O2. The number of unbranched alkanes of at least 4 members (excludes halogenated alkanes) is 1. The summed E-state index contributed by atoms with van der Waals surface area (Å²) in [5, 5.41) is 0. The zero-order valence-corrected chi connectivity index (χ0v) is 8.82. The van der Waals surface area contributed by atoms with Gasteiger partial charge in [-0.25, -0.2) is 0 Å². The molecule has 0 saturated carbocycles. The minimum Gasteiger partial charge on any atom is -0.352 e. The molecule has 0 radical (unpaired) electrons. The molecule has 0 aliphatic carbocycles. The SMILES string of the molecule is CC/C=C\CC/C=C/C(OC)OC. The van der Waals surface area contributed by atoms with Gasteiger partial charge in [0.1, 0.15) is 0 Å². The Morgan fingerprint density at radius 3 is 2.15 bits per heavy atom. The van der Waals surface area contributed by atoms with Gasteiger partial charge in [-0.2, -0.15) is 0 Å². The second-order valence-electron chi connectivity index (χ2n) is 2.72. The summed E-state index contributed by atoms with van der Waals surface area (Å²) >= 11 is 0. The Hall–Kier alpha value is -0.600. The molecule has 0 aliphatic rings. The van der Waals surface area contributed by atoms with Crippen molar-refractivity contribution in [3.05, 3.63) is 24.3 Å². The van der Waals surface area contributed by atoms with E-state index in [0.717, 1.165) is 19.3 Å². The molecule has 76 valence electrons. The highest BCUT2D eigenvalue weighted by atomic mass is 16.7. The molecule has 0 atom stereocenters. The van der Waals surface area contributed by atoms with Gasteiger partial charge >= 0.3 is 0 Å². The highest BCUT2D eigenvalue weighted by Gasteiger charge is 1.95. The summed E-state index contributed by atoms with van der Waals surface area (Å²) in [5.74, 6) is 0. The standard InChI is InChI=1S/C11H20O2/c1-4-5-6-7-8-9-10-11(12-2)13-3/h5-6,9-11H,4,7-8H2,1-3H3/b6-5-,10-9+. The average molecular weight is 184 g/mol. The zero-order valence-electron chi connectivity index (χ0n) is 8.82. The summed E-state index contributed by atoms with van der Waals surface area (Å²) < 4.78 is 10.0. The summed E-state index contributed by atoms with van der Waals surface area (Å²) in [7, 11) is 3.27. The minimum atomic E-state index is -0.199. The van der Waals surface area contributed by atoms with Crippen molar-refractivity contribution in [2.75, 3.05) is 14.2 Å². The fraction of sp³-hybridized carbons (Fsp3) is 0.636. The fourth-order valence-corrected chi connectivity index (χ4v) is 0.938. The van der Waals surface area contributed by atoms with Gasteiger partial charge in [-0.05, 0) is 25.3 Å². The quantitative estimate of drug-likeness (QED) is 0.344. The second kappa shape index (κ2) is 9.49. The van der Waals surface area contributed by atoms with Crippen molar-refractivity contribution < 1.29 is 9.47 Å². The molecule has 0 rings (SSSR count). The molecule has 0 spiro atoms. The first kappa shape index (κ1) is 12.4. The number of ether oxygens (including phenoxy) is 2. The number of hydrogen-bond donors (Lipinski definition) is 0. The summed E-state index contributed by atoms with van der Waals surface area (Å²) in [5.41, 5.74) is 0.